The van der Waals surface area contributed by atoms with Crippen LogP contribution in [0.15, 0.2) is 43.7 Å². The summed E-state index contributed by atoms with van der Waals surface area (Å²) < 4.78 is 20.4. The van der Waals surface area contributed by atoms with Crippen LogP contribution in [-0.2, 0) is 4.79 Å². The molecule has 1 heterocycles. The summed E-state index contributed by atoms with van der Waals surface area (Å²) in [6.45, 7) is 0. The van der Waals surface area contributed by atoms with Crippen LogP contribution in [0.25, 0.3) is 17.4 Å². The third-order valence-electron chi connectivity index (χ3n) is 2.27. The standard InChI is InChI=1S/C13H7Br2FO3/c14-7-1-3-9(11(16)5-7)13-10(15)6-8(19-13)2-4-12(17)18/h1-6H,(H,17,18)/b4-2+. The first-order valence-electron chi connectivity index (χ1n) is 5.13. The van der Waals surface area contributed by atoms with E-state index in [4.69, 9.17) is 9.52 Å². The number of benzene rings is 1. The quantitative estimate of drug-likeness (QED) is 0.773. The summed E-state index contributed by atoms with van der Waals surface area (Å²) in [6.07, 6.45) is 2.25. The van der Waals surface area contributed by atoms with Gasteiger partial charge in [0, 0.05) is 10.5 Å². The Morgan fingerprint density at radius 1 is 1.32 bits per heavy atom. The summed E-state index contributed by atoms with van der Waals surface area (Å²) in [6, 6.07) is 6.18. The van der Waals surface area contributed by atoms with Crippen molar-refractivity contribution >= 4 is 43.9 Å². The van der Waals surface area contributed by atoms with Crippen LogP contribution < -0.4 is 0 Å². The fourth-order valence-corrected chi connectivity index (χ4v) is 2.33. The Bertz CT molecular complexity index is 662. The average Bonchev–Trinajstić information content (AvgIpc) is 2.68. The Morgan fingerprint density at radius 3 is 2.68 bits per heavy atom. The van der Waals surface area contributed by atoms with Gasteiger partial charge in [0.2, 0.25) is 0 Å². The van der Waals surface area contributed by atoms with Gasteiger partial charge in [-0.3, -0.25) is 0 Å². The second kappa shape index (κ2) is 5.71. The van der Waals surface area contributed by atoms with Crippen LogP contribution >= 0.6 is 31.9 Å². The lowest BCUT2D eigenvalue weighted by atomic mass is 10.1. The third-order valence-corrected chi connectivity index (χ3v) is 3.35. The van der Waals surface area contributed by atoms with Gasteiger partial charge in [0.1, 0.15) is 11.6 Å². The van der Waals surface area contributed by atoms with E-state index < -0.39 is 11.8 Å². The van der Waals surface area contributed by atoms with Gasteiger partial charge in [-0.2, -0.15) is 0 Å². The fraction of sp³-hybridized carbons (Fsp3) is 0. The van der Waals surface area contributed by atoms with E-state index in [0.29, 0.717) is 26.0 Å². The van der Waals surface area contributed by atoms with Crippen molar-refractivity contribution in [2.24, 2.45) is 0 Å². The van der Waals surface area contributed by atoms with E-state index >= 15 is 0 Å². The van der Waals surface area contributed by atoms with E-state index in [9.17, 15) is 9.18 Å². The number of furan rings is 1. The Balaban J connectivity index is 2.43. The molecule has 6 heteroatoms. The zero-order valence-corrected chi connectivity index (χ0v) is 12.5. The van der Waals surface area contributed by atoms with Crippen LogP contribution in [0.2, 0.25) is 0 Å². The average molecular weight is 390 g/mol. The van der Waals surface area contributed by atoms with Crippen molar-refractivity contribution in [3.8, 4) is 11.3 Å². The van der Waals surface area contributed by atoms with Crippen LogP contribution in [0.3, 0.4) is 0 Å². The van der Waals surface area contributed by atoms with Gasteiger partial charge in [-0.15, -0.1) is 0 Å². The normalized spacial score (nSPS) is 11.1. The van der Waals surface area contributed by atoms with Crippen LogP contribution in [0, 0.1) is 5.82 Å². The molecule has 1 aromatic carbocycles. The SMILES string of the molecule is O=C(O)/C=C/c1cc(Br)c(-c2ccc(Br)cc2F)o1. The summed E-state index contributed by atoms with van der Waals surface area (Å²) in [5, 5.41) is 8.54. The molecule has 0 aliphatic carbocycles. The molecule has 0 atom stereocenters. The van der Waals surface area contributed by atoms with E-state index in [0.717, 1.165) is 6.08 Å². The predicted molar refractivity (Wildman–Crippen MR) is 76.2 cm³/mol. The molecule has 0 aliphatic heterocycles. The lowest BCUT2D eigenvalue weighted by Crippen LogP contribution is -1.84. The van der Waals surface area contributed by atoms with Gasteiger partial charge < -0.3 is 9.52 Å². The summed E-state index contributed by atoms with van der Waals surface area (Å²) in [5.41, 5.74) is 0.296. The third kappa shape index (κ3) is 3.33. The fourth-order valence-electron chi connectivity index (χ4n) is 1.48. The molecule has 3 nitrogen and oxygen atoms in total. The lowest BCUT2D eigenvalue weighted by Gasteiger charge is -2.01. The van der Waals surface area contributed by atoms with Crippen molar-refractivity contribution in [3.63, 3.8) is 0 Å². The highest BCUT2D eigenvalue weighted by Gasteiger charge is 2.14. The van der Waals surface area contributed by atoms with Gasteiger partial charge in [-0.1, -0.05) is 15.9 Å². The van der Waals surface area contributed by atoms with Gasteiger partial charge >= 0.3 is 5.97 Å². The molecule has 0 unspecified atom stereocenters. The van der Waals surface area contributed by atoms with Crippen molar-refractivity contribution in [1.29, 1.82) is 0 Å². The summed E-state index contributed by atoms with van der Waals surface area (Å²) in [7, 11) is 0. The largest absolute Gasteiger partial charge is 0.478 e. The summed E-state index contributed by atoms with van der Waals surface area (Å²) in [5.74, 6) is -0.872. The zero-order valence-electron chi connectivity index (χ0n) is 9.36. The number of hydrogen-bond donors (Lipinski definition) is 1. The molecule has 98 valence electrons. The van der Waals surface area contributed by atoms with Crippen LogP contribution in [0.1, 0.15) is 5.76 Å². The van der Waals surface area contributed by atoms with Gasteiger partial charge in [0.15, 0.2) is 5.76 Å². The molecule has 0 spiro atoms. The van der Waals surface area contributed by atoms with E-state index in [1.807, 2.05) is 0 Å². The van der Waals surface area contributed by atoms with Crippen molar-refractivity contribution in [2.75, 3.05) is 0 Å². The minimum atomic E-state index is -1.08. The Kier molecular flexibility index (Phi) is 4.21. The molecule has 19 heavy (non-hydrogen) atoms. The van der Waals surface area contributed by atoms with Crippen LogP contribution in [0.4, 0.5) is 4.39 Å². The lowest BCUT2D eigenvalue weighted by molar-refractivity contribution is -0.131. The molecule has 0 radical (unpaired) electrons. The first-order chi connectivity index (χ1) is 8.97. The van der Waals surface area contributed by atoms with E-state index in [1.54, 1.807) is 18.2 Å². The number of halogens is 3. The van der Waals surface area contributed by atoms with Crippen molar-refractivity contribution in [2.45, 2.75) is 0 Å². The van der Waals surface area contributed by atoms with Crippen LogP contribution in [-0.4, -0.2) is 11.1 Å². The van der Waals surface area contributed by atoms with E-state index in [1.165, 1.54) is 12.1 Å². The number of aliphatic carboxylic acids is 1. The molecular formula is C13H7Br2FO3. The highest BCUT2D eigenvalue weighted by Crippen LogP contribution is 2.34. The molecule has 2 rings (SSSR count). The topological polar surface area (TPSA) is 50.4 Å². The molecule has 0 aliphatic rings. The van der Waals surface area contributed by atoms with Crippen LogP contribution in [0.5, 0.6) is 0 Å². The maximum Gasteiger partial charge on any atom is 0.328 e. The van der Waals surface area contributed by atoms with Gasteiger partial charge in [-0.25, -0.2) is 9.18 Å². The Hall–Kier alpha value is -1.40. The van der Waals surface area contributed by atoms with Gasteiger partial charge in [-0.05, 0) is 46.3 Å². The Labute approximate surface area is 125 Å². The molecule has 1 aromatic heterocycles. The van der Waals surface area contributed by atoms with Crippen molar-refractivity contribution < 1.29 is 18.7 Å². The first-order valence-corrected chi connectivity index (χ1v) is 6.71. The molecule has 0 bridgehead atoms. The molecule has 2 aromatic rings. The maximum atomic E-state index is 13.8. The molecule has 1 N–H and O–H groups in total. The number of rotatable bonds is 3. The minimum absolute atomic E-state index is 0.296. The highest BCUT2D eigenvalue weighted by atomic mass is 79.9. The maximum absolute atomic E-state index is 13.8. The number of hydrogen-bond acceptors (Lipinski definition) is 2. The van der Waals surface area contributed by atoms with E-state index in [-0.39, 0.29) is 0 Å². The van der Waals surface area contributed by atoms with Crippen molar-refractivity contribution in [3.05, 3.63) is 50.9 Å². The zero-order chi connectivity index (χ0) is 14.0. The molecule has 0 amide bonds. The predicted octanol–water partition coefficient (Wildman–Crippen LogP) is 4.71. The molecular weight excluding hydrogens is 383 g/mol. The smallest absolute Gasteiger partial charge is 0.328 e. The monoisotopic (exact) mass is 388 g/mol. The minimum Gasteiger partial charge on any atom is -0.478 e. The molecule has 0 saturated carbocycles. The number of carbonyl (C=O) groups is 1. The highest BCUT2D eigenvalue weighted by molar-refractivity contribution is 9.10. The summed E-state index contributed by atoms with van der Waals surface area (Å²) >= 11 is 6.43. The van der Waals surface area contributed by atoms with E-state index in [2.05, 4.69) is 31.9 Å². The Morgan fingerprint density at radius 2 is 2.05 bits per heavy atom. The first kappa shape index (κ1) is 14.0. The number of carboxylic acids is 1. The second-order valence-electron chi connectivity index (χ2n) is 3.62. The van der Waals surface area contributed by atoms with Gasteiger partial charge in [0.25, 0.3) is 0 Å². The summed E-state index contributed by atoms with van der Waals surface area (Å²) in [4.78, 5) is 10.4. The van der Waals surface area contributed by atoms with Crippen molar-refractivity contribution in [1.82, 2.24) is 0 Å². The molecule has 0 fully saturated rings. The number of carboxylic acid groups (broad SMARTS) is 1. The second-order valence-corrected chi connectivity index (χ2v) is 5.39. The molecule has 0 saturated heterocycles. The van der Waals surface area contributed by atoms with Gasteiger partial charge in [0.05, 0.1) is 10.0 Å².